The molecule has 0 bridgehead atoms. The van der Waals surface area contributed by atoms with E-state index in [0.717, 1.165) is 11.1 Å². The summed E-state index contributed by atoms with van der Waals surface area (Å²) in [5.74, 6) is -0.273. The molecule has 2 aromatic carbocycles. The van der Waals surface area contributed by atoms with Crippen LogP contribution in [-0.4, -0.2) is 23.6 Å². The quantitative estimate of drug-likeness (QED) is 0.697. The lowest BCUT2D eigenvalue weighted by atomic mass is 9.83. The third-order valence-corrected chi connectivity index (χ3v) is 4.26. The molecule has 0 saturated heterocycles. The van der Waals surface area contributed by atoms with E-state index in [1.54, 1.807) is 24.3 Å². The van der Waals surface area contributed by atoms with E-state index in [1.165, 1.54) is 0 Å². The molecule has 0 fully saturated rings. The monoisotopic (exact) mass is 355 g/mol. The molecule has 0 aliphatic heterocycles. The Morgan fingerprint density at radius 2 is 1.65 bits per heavy atom. The first kappa shape index (κ1) is 19.5. The van der Waals surface area contributed by atoms with E-state index >= 15 is 0 Å². The maximum Gasteiger partial charge on any atom is 0.303 e. The van der Waals surface area contributed by atoms with Gasteiger partial charge in [0.1, 0.15) is 5.75 Å². The summed E-state index contributed by atoms with van der Waals surface area (Å²) in [4.78, 5) is 23.1. The standard InChI is InChI=1S/C21H25NO4/c1-15-6-8-16(9-7-15)21(2,3)20(25)22-17-10-12-18(13-11-17)26-14-4-5-19(23)24/h6-13H,4-5,14H2,1-3H3,(H,22,25)(H,23,24). The molecule has 0 aliphatic carbocycles. The fourth-order valence-corrected chi connectivity index (χ4v) is 2.44. The van der Waals surface area contributed by atoms with Crippen molar-refractivity contribution in [1.29, 1.82) is 0 Å². The number of anilines is 1. The van der Waals surface area contributed by atoms with Gasteiger partial charge in [0.15, 0.2) is 0 Å². The molecule has 0 atom stereocenters. The Bertz CT molecular complexity index is 749. The number of aryl methyl sites for hydroxylation is 1. The fourth-order valence-electron chi connectivity index (χ4n) is 2.44. The van der Waals surface area contributed by atoms with Gasteiger partial charge in [-0.25, -0.2) is 0 Å². The molecule has 2 rings (SSSR count). The minimum Gasteiger partial charge on any atom is -0.494 e. The molecule has 0 spiro atoms. The minimum absolute atomic E-state index is 0.0855. The number of carboxylic acids is 1. The molecule has 0 aliphatic rings. The topological polar surface area (TPSA) is 75.6 Å². The molecule has 0 aromatic heterocycles. The van der Waals surface area contributed by atoms with Gasteiger partial charge in [-0.3, -0.25) is 9.59 Å². The Morgan fingerprint density at radius 3 is 2.23 bits per heavy atom. The second kappa shape index (κ2) is 8.52. The van der Waals surface area contributed by atoms with Crippen molar-refractivity contribution in [2.24, 2.45) is 0 Å². The zero-order valence-electron chi connectivity index (χ0n) is 15.4. The van der Waals surface area contributed by atoms with Gasteiger partial charge >= 0.3 is 5.97 Å². The first-order valence-corrected chi connectivity index (χ1v) is 8.62. The normalized spacial score (nSPS) is 11.0. The summed E-state index contributed by atoms with van der Waals surface area (Å²) < 4.78 is 5.49. The second-order valence-corrected chi connectivity index (χ2v) is 6.82. The minimum atomic E-state index is -0.831. The predicted molar refractivity (Wildman–Crippen MR) is 102 cm³/mol. The average molecular weight is 355 g/mol. The van der Waals surface area contributed by atoms with Crippen molar-refractivity contribution in [3.63, 3.8) is 0 Å². The lowest BCUT2D eigenvalue weighted by molar-refractivity contribution is -0.137. The lowest BCUT2D eigenvalue weighted by Crippen LogP contribution is -2.34. The smallest absolute Gasteiger partial charge is 0.303 e. The van der Waals surface area contributed by atoms with Crippen molar-refractivity contribution in [2.75, 3.05) is 11.9 Å². The molecule has 0 radical (unpaired) electrons. The number of aliphatic carboxylic acids is 1. The zero-order valence-corrected chi connectivity index (χ0v) is 15.4. The molecular formula is C21H25NO4. The van der Waals surface area contributed by atoms with Crippen LogP contribution in [0.2, 0.25) is 0 Å². The maximum atomic E-state index is 12.7. The van der Waals surface area contributed by atoms with Crippen LogP contribution in [0.1, 0.15) is 37.8 Å². The van der Waals surface area contributed by atoms with Crippen molar-refractivity contribution < 1.29 is 19.4 Å². The Balaban J connectivity index is 1.94. The van der Waals surface area contributed by atoms with Crippen LogP contribution in [0.15, 0.2) is 48.5 Å². The summed E-state index contributed by atoms with van der Waals surface area (Å²) in [5.41, 5.74) is 2.15. The number of hydrogen-bond donors (Lipinski definition) is 2. The molecule has 1 amide bonds. The van der Waals surface area contributed by atoms with Gasteiger partial charge in [-0.15, -0.1) is 0 Å². The number of carbonyl (C=O) groups excluding carboxylic acids is 1. The van der Waals surface area contributed by atoms with Crippen molar-refractivity contribution in [1.82, 2.24) is 0 Å². The highest BCUT2D eigenvalue weighted by Crippen LogP contribution is 2.26. The highest BCUT2D eigenvalue weighted by molar-refractivity contribution is 5.98. The first-order chi connectivity index (χ1) is 12.3. The molecule has 26 heavy (non-hydrogen) atoms. The van der Waals surface area contributed by atoms with Crippen LogP contribution in [0.3, 0.4) is 0 Å². The van der Waals surface area contributed by atoms with E-state index in [9.17, 15) is 9.59 Å². The SMILES string of the molecule is Cc1ccc(C(C)(C)C(=O)Nc2ccc(OCCCC(=O)O)cc2)cc1. The summed E-state index contributed by atoms with van der Waals surface area (Å²) >= 11 is 0. The Kier molecular flexibility index (Phi) is 6.39. The maximum absolute atomic E-state index is 12.7. The van der Waals surface area contributed by atoms with E-state index in [2.05, 4.69) is 5.32 Å². The van der Waals surface area contributed by atoms with Gasteiger partial charge in [-0.2, -0.15) is 0 Å². The van der Waals surface area contributed by atoms with Gasteiger partial charge in [-0.1, -0.05) is 29.8 Å². The number of carbonyl (C=O) groups is 2. The molecule has 5 nitrogen and oxygen atoms in total. The van der Waals surface area contributed by atoms with E-state index in [-0.39, 0.29) is 12.3 Å². The van der Waals surface area contributed by atoms with Gasteiger partial charge in [0.2, 0.25) is 5.91 Å². The van der Waals surface area contributed by atoms with Gasteiger partial charge in [0.25, 0.3) is 0 Å². The summed E-state index contributed by atoms with van der Waals surface area (Å²) in [7, 11) is 0. The van der Waals surface area contributed by atoms with Gasteiger partial charge in [0.05, 0.1) is 12.0 Å². The predicted octanol–water partition coefficient (Wildman–Crippen LogP) is 4.15. The molecular weight excluding hydrogens is 330 g/mol. The Morgan fingerprint density at radius 1 is 1.04 bits per heavy atom. The second-order valence-electron chi connectivity index (χ2n) is 6.82. The number of amides is 1. The molecule has 2 aromatic rings. The molecule has 0 heterocycles. The van der Waals surface area contributed by atoms with E-state index in [4.69, 9.17) is 9.84 Å². The van der Waals surface area contributed by atoms with E-state index in [0.29, 0.717) is 24.5 Å². The molecule has 2 N–H and O–H groups in total. The van der Waals surface area contributed by atoms with Crippen LogP contribution in [0.5, 0.6) is 5.75 Å². The molecule has 5 heteroatoms. The van der Waals surface area contributed by atoms with Crippen molar-refractivity contribution in [2.45, 2.75) is 39.0 Å². The summed E-state index contributed by atoms with van der Waals surface area (Å²) in [6, 6.07) is 15.0. The number of benzene rings is 2. The largest absolute Gasteiger partial charge is 0.494 e. The number of rotatable bonds is 8. The van der Waals surface area contributed by atoms with Crippen LogP contribution in [0.4, 0.5) is 5.69 Å². The fraction of sp³-hybridized carbons (Fsp3) is 0.333. The van der Waals surface area contributed by atoms with Crippen molar-refractivity contribution >= 4 is 17.6 Å². The molecule has 0 unspecified atom stereocenters. The highest BCUT2D eigenvalue weighted by Gasteiger charge is 2.29. The Labute approximate surface area is 154 Å². The van der Waals surface area contributed by atoms with Gasteiger partial charge in [-0.05, 0) is 57.0 Å². The number of carboxylic acid groups (broad SMARTS) is 1. The average Bonchev–Trinajstić information content (AvgIpc) is 2.60. The van der Waals surface area contributed by atoms with E-state index in [1.807, 2.05) is 45.0 Å². The number of nitrogens with one attached hydrogen (secondary N) is 1. The van der Waals surface area contributed by atoms with Crippen LogP contribution >= 0.6 is 0 Å². The molecule has 138 valence electrons. The van der Waals surface area contributed by atoms with Gasteiger partial charge in [0, 0.05) is 12.1 Å². The summed E-state index contributed by atoms with van der Waals surface area (Å²) in [6.07, 6.45) is 0.542. The van der Waals surface area contributed by atoms with Crippen molar-refractivity contribution in [3.8, 4) is 5.75 Å². The summed E-state index contributed by atoms with van der Waals surface area (Å²) in [6.45, 7) is 6.15. The third kappa shape index (κ3) is 5.34. The Hall–Kier alpha value is -2.82. The molecule has 0 saturated carbocycles. The number of hydrogen-bond acceptors (Lipinski definition) is 3. The third-order valence-electron chi connectivity index (χ3n) is 4.26. The first-order valence-electron chi connectivity index (χ1n) is 8.62. The van der Waals surface area contributed by atoms with Crippen LogP contribution in [0, 0.1) is 6.92 Å². The zero-order chi connectivity index (χ0) is 19.2. The number of ether oxygens (including phenoxy) is 1. The van der Waals surface area contributed by atoms with Crippen LogP contribution < -0.4 is 10.1 Å². The van der Waals surface area contributed by atoms with Crippen LogP contribution in [-0.2, 0) is 15.0 Å². The summed E-state index contributed by atoms with van der Waals surface area (Å²) in [5, 5.41) is 11.5. The van der Waals surface area contributed by atoms with E-state index < -0.39 is 11.4 Å². The van der Waals surface area contributed by atoms with Gasteiger partial charge < -0.3 is 15.2 Å². The van der Waals surface area contributed by atoms with Crippen molar-refractivity contribution in [3.05, 3.63) is 59.7 Å². The lowest BCUT2D eigenvalue weighted by Gasteiger charge is -2.24. The van der Waals surface area contributed by atoms with Crippen LogP contribution in [0.25, 0.3) is 0 Å². The highest BCUT2D eigenvalue weighted by atomic mass is 16.5.